The summed E-state index contributed by atoms with van der Waals surface area (Å²) in [4.78, 5) is 26.9. The lowest BCUT2D eigenvalue weighted by Crippen LogP contribution is -2.40. The predicted octanol–water partition coefficient (Wildman–Crippen LogP) is 3.71. The summed E-state index contributed by atoms with van der Waals surface area (Å²) in [5, 5.41) is 13.6. The van der Waals surface area contributed by atoms with Gasteiger partial charge in [0.05, 0.1) is 24.3 Å². The van der Waals surface area contributed by atoms with Crippen LogP contribution in [0.25, 0.3) is 0 Å². The first-order valence-corrected chi connectivity index (χ1v) is 10.3. The van der Waals surface area contributed by atoms with Crippen LogP contribution in [0.2, 0.25) is 0 Å². The highest BCUT2D eigenvalue weighted by Gasteiger charge is 2.31. The summed E-state index contributed by atoms with van der Waals surface area (Å²) in [6.07, 6.45) is 1.49. The van der Waals surface area contributed by atoms with Crippen molar-refractivity contribution in [1.82, 2.24) is 14.7 Å². The van der Waals surface area contributed by atoms with Crippen LogP contribution in [0.3, 0.4) is 0 Å². The first kappa shape index (κ1) is 21.6. The minimum atomic E-state index is -0.410. The second-order valence-corrected chi connectivity index (χ2v) is 8.55. The third kappa shape index (κ3) is 4.54. The quantitative estimate of drug-likeness (QED) is 0.720. The molecule has 3 rings (SSSR count). The van der Waals surface area contributed by atoms with Crippen molar-refractivity contribution in [1.29, 1.82) is 5.26 Å². The molecule has 7 heteroatoms. The highest BCUT2D eigenvalue weighted by Crippen LogP contribution is 2.31. The predicted molar refractivity (Wildman–Crippen MR) is 112 cm³/mol. The summed E-state index contributed by atoms with van der Waals surface area (Å²) in [6, 6.07) is 10.8. The summed E-state index contributed by atoms with van der Waals surface area (Å²) in [5.41, 5.74) is 2.15. The molecular formula is C23H28N4O3. The van der Waals surface area contributed by atoms with E-state index in [1.807, 2.05) is 15.6 Å². The van der Waals surface area contributed by atoms with Crippen molar-refractivity contribution in [3.8, 4) is 6.07 Å². The van der Waals surface area contributed by atoms with Gasteiger partial charge >= 0.3 is 5.97 Å². The van der Waals surface area contributed by atoms with Crippen LogP contribution in [0.4, 0.5) is 0 Å². The average Bonchev–Trinajstić information content (AvgIpc) is 3.20. The SMILES string of the molecule is CCOC(=O)c1cc(C(C)(C)C)n(C2CCN(C(=O)c3cccc(C#N)c3)CC2)n1. The fourth-order valence-electron chi connectivity index (χ4n) is 3.76. The molecule has 1 aromatic carbocycles. The van der Waals surface area contributed by atoms with Crippen molar-refractivity contribution in [3.63, 3.8) is 0 Å². The number of carbonyl (C=O) groups excluding carboxylic acids is 2. The maximum absolute atomic E-state index is 12.8. The maximum Gasteiger partial charge on any atom is 0.358 e. The van der Waals surface area contributed by atoms with Crippen LogP contribution in [0.1, 0.15) is 78.7 Å². The fourth-order valence-corrected chi connectivity index (χ4v) is 3.76. The number of hydrogen-bond acceptors (Lipinski definition) is 5. The number of hydrogen-bond donors (Lipinski definition) is 0. The molecule has 1 fully saturated rings. The summed E-state index contributed by atoms with van der Waals surface area (Å²) in [5.74, 6) is -0.471. The van der Waals surface area contributed by atoms with Gasteiger partial charge in [-0.05, 0) is 44.0 Å². The maximum atomic E-state index is 12.8. The highest BCUT2D eigenvalue weighted by molar-refractivity contribution is 5.94. The molecule has 0 atom stereocenters. The largest absolute Gasteiger partial charge is 0.461 e. The molecule has 2 heterocycles. The number of rotatable bonds is 4. The normalized spacial score (nSPS) is 15.0. The van der Waals surface area contributed by atoms with E-state index in [-0.39, 0.29) is 17.4 Å². The monoisotopic (exact) mass is 408 g/mol. The average molecular weight is 409 g/mol. The lowest BCUT2D eigenvalue weighted by atomic mass is 9.91. The molecule has 158 valence electrons. The molecule has 1 aromatic heterocycles. The highest BCUT2D eigenvalue weighted by atomic mass is 16.5. The molecule has 2 aromatic rings. The number of benzene rings is 1. The van der Waals surface area contributed by atoms with E-state index in [1.165, 1.54) is 0 Å². The molecule has 0 N–H and O–H groups in total. The van der Waals surface area contributed by atoms with Crippen LogP contribution < -0.4 is 0 Å². The van der Waals surface area contributed by atoms with Gasteiger partial charge in [-0.15, -0.1) is 0 Å². The van der Waals surface area contributed by atoms with Gasteiger partial charge in [0.2, 0.25) is 0 Å². The molecule has 7 nitrogen and oxygen atoms in total. The number of amides is 1. The number of aromatic nitrogens is 2. The Balaban J connectivity index is 1.76. The van der Waals surface area contributed by atoms with E-state index < -0.39 is 5.97 Å². The number of ether oxygens (including phenoxy) is 1. The molecule has 0 bridgehead atoms. The minimum absolute atomic E-state index is 0.0609. The van der Waals surface area contributed by atoms with Gasteiger partial charge in [-0.2, -0.15) is 10.4 Å². The Morgan fingerprint density at radius 2 is 1.93 bits per heavy atom. The van der Waals surface area contributed by atoms with Gasteiger partial charge in [-0.3, -0.25) is 9.48 Å². The third-order valence-electron chi connectivity index (χ3n) is 5.32. The zero-order chi connectivity index (χ0) is 21.9. The molecule has 1 amide bonds. The molecule has 0 saturated carbocycles. The Labute approximate surface area is 177 Å². The molecule has 0 aliphatic carbocycles. The van der Waals surface area contributed by atoms with Crippen molar-refractivity contribution >= 4 is 11.9 Å². The van der Waals surface area contributed by atoms with E-state index in [0.717, 1.165) is 18.5 Å². The number of esters is 1. The van der Waals surface area contributed by atoms with Crippen LogP contribution in [-0.2, 0) is 10.2 Å². The molecule has 1 saturated heterocycles. The van der Waals surface area contributed by atoms with Crippen molar-refractivity contribution in [2.24, 2.45) is 0 Å². The van der Waals surface area contributed by atoms with Crippen LogP contribution in [0, 0.1) is 11.3 Å². The zero-order valence-corrected chi connectivity index (χ0v) is 18.0. The Hall–Kier alpha value is -3.14. The van der Waals surface area contributed by atoms with Gasteiger partial charge in [-0.25, -0.2) is 4.79 Å². The lowest BCUT2D eigenvalue weighted by molar-refractivity contribution is 0.0517. The second kappa shape index (κ2) is 8.70. The standard InChI is InChI=1S/C23H28N4O3/c1-5-30-22(29)19-14-20(23(2,3)4)27(25-19)18-9-11-26(12-10-18)21(28)17-8-6-7-16(13-17)15-24/h6-8,13-14,18H,5,9-12H2,1-4H3. The Morgan fingerprint density at radius 1 is 1.23 bits per heavy atom. The van der Waals surface area contributed by atoms with E-state index in [4.69, 9.17) is 10.00 Å². The number of piperidine rings is 1. The van der Waals surface area contributed by atoms with Gasteiger partial charge in [0.1, 0.15) is 0 Å². The Kier molecular flexibility index (Phi) is 6.25. The van der Waals surface area contributed by atoms with E-state index in [9.17, 15) is 9.59 Å². The van der Waals surface area contributed by atoms with Gasteiger partial charge in [-0.1, -0.05) is 26.8 Å². The lowest BCUT2D eigenvalue weighted by Gasteiger charge is -2.34. The Morgan fingerprint density at radius 3 is 2.53 bits per heavy atom. The molecule has 0 radical (unpaired) electrons. The second-order valence-electron chi connectivity index (χ2n) is 8.55. The zero-order valence-electron chi connectivity index (χ0n) is 18.0. The summed E-state index contributed by atoms with van der Waals surface area (Å²) in [6.45, 7) is 9.56. The number of carbonyl (C=O) groups is 2. The van der Waals surface area contributed by atoms with Crippen LogP contribution in [0.15, 0.2) is 30.3 Å². The van der Waals surface area contributed by atoms with Crippen molar-refractivity contribution < 1.29 is 14.3 Å². The molecule has 30 heavy (non-hydrogen) atoms. The molecule has 1 aliphatic rings. The van der Waals surface area contributed by atoms with Crippen molar-refractivity contribution in [2.45, 2.75) is 52.0 Å². The smallest absolute Gasteiger partial charge is 0.358 e. The van der Waals surface area contributed by atoms with Crippen molar-refractivity contribution in [2.75, 3.05) is 19.7 Å². The topological polar surface area (TPSA) is 88.2 Å². The van der Waals surface area contributed by atoms with E-state index in [2.05, 4.69) is 31.9 Å². The first-order chi connectivity index (χ1) is 14.2. The van der Waals surface area contributed by atoms with Crippen LogP contribution in [-0.4, -0.2) is 46.3 Å². The molecule has 0 spiro atoms. The molecule has 0 unspecified atom stereocenters. The van der Waals surface area contributed by atoms with Crippen LogP contribution in [0.5, 0.6) is 0 Å². The van der Waals surface area contributed by atoms with E-state index in [0.29, 0.717) is 36.5 Å². The number of nitrogens with zero attached hydrogens (tertiary/aromatic N) is 4. The third-order valence-corrected chi connectivity index (χ3v) is 5.32. The number of likely N-dealkylation sites (tertiary alicyclic amines) is 1. The van der Waals surface area contributed by atoms with Gasteiger partial charge in [0, 0.05) is 29.8 Å². The van der Waals surface area contributed by atoms with Gasteiger partial charge in [0.15, 0.2) is 5.69 Å². The fraction of sp³-hybridized carbons (Fsp3) is 0.478. The van der Waals surface area contributed by atoms with Crippen molar-refractivity contribution in [3.05, 3.63) is 52.8 Å². The summed E-state index contributed by atoms with van der Waals surface area (Å²) in [7, 11) is 0. The Bertz CT molecular complexity index is 973. The number of nitriles is 1. The van der Waals surface area contributed by atoms with Gasteiger partial charge in [0.25, 0.3) is 5.91 Å². The summed E-state index contributed by atoms with van der Waals surface area (Å²) >= 11 is 0. The van der Waals surface area contributed by atoms with Gasteiger partial charge < -0.3 is 9.64 Å². The van der Waals surface area contributed by atoms with Crippen LogP contribution >= 0.6 is 0 Å². The summed E-state index contributed by atoms with van der Waals surface area (Å²) < 4.78 is 7.07. The first-order valence-electron chi connectivity index (χ1n) is 10.3. The van der Waals surface area contributed by atoms with E-state index in [1.54, 1.807) is 31.2 Å². The molecule has 1 aliphatic heterocycles. The van der Waals surface area contributed by atoms with E-state index >= 15 is 0 Å². The molecular weight excluding hydrogens is 380 g/mol. The minimum Gasteiger partial charge on any atom is -0.461 e.